The van der Waals surface area contributed by atoms with E-state index < -0.39 is 23.1 Å². The Kier molecular flexibility index (Phi) is 5.27. The van der Waals surface area contributed by atoms with E-state index in [1.165, 1.54) is 6.07 Å². The van der Waals surface area contributed by atoms with Crippen molar-refractivity contribution >= 4 is 39.4 Å². The van der Waals surface area contributed by atoms with Crippen LogP contribution in [-0.4, -0.2) is 36.0 Å². The minimum atomic E-state index is -0.942. The van der Waals surface area contributed by atoms with Gasteiger partial charge in [-0.3, -0.25) is 19.3 Å². The summed E-state index contributed by atoms with van der Waals surface area (Å²) in [6.07, 6.45) is 0.236. The number of carboxylic acid groups (broad SMARTS) is 1. The summed E-state index contributed by atoms with van der Waals surface area (Å²) < 4.78 is 14.9. The van der Waals surface area contributed by atoms with Gasteiger partial charge in [0.05, 0.1) is 11.1 Å². The van der Waals surface area contributed by atoms with Crippen LogP contribution in [0.1, 0.15) is 32.3 Å². The number of hydrogen-bond donors (Lipinski definition) is 2. The molecule has 0 fully saturated rings. The largest absolute Gasteiger partial charge is 0.481 e. The highest BCUT2D eigenvalue weighted by Crippen LogP contribution is 2.44. The lowest BCUT2D eigenvalue weighted by Gasteiger charge is -2.20. The van der Waals surface area contributed by atoms with E-state index in [2.05, 4.69) is 21.2 Å². The summed E-state index contributed by atoms with van der Waals surface area (Å²) in [5.74, 6) is -2.32. The van der Waals surface area contributed by atoms with Crippen LogP contribution in [0, 0.1) is 5.82 Å². The number of anilines is 1. The molecule has 24 heavy (non-hydrogen) atoms. The third kappa shape index (κ3) is 3.58. The summed E-state index contributed by atoms with van der Waals surface area (Å²) in [5.41, 5.74) is -0.282. The lowest BCUT2D eigenvalue weighted by atomic mass is 9.86. The molecule has 1 heterocycles. The fourth-order valence-corrected chi connectivity index (χ4v) is 3.12. The molecule has 0 radical (unpaired) electrons. The van der Waals surface area contributed by atoms with Crippen LogP contribution < -0.4 is 10.2 Å². The number of nitrogens with one attached hydrogen (secondary N) is 1. The summed E-state index contributed by atoms with van der Waals surface area (Å²) in [6.45, 7) is 3.25. The van der Waals surface area contributed by atoms with Crippen LogP contribution in [0.2, 0.25) is 0 Å². The number of carboxylic acids is 1. The maximum atomic E-state index is 14.3. The molecule has 0 spiro atoms. The van der Waals surface area contributed by atoms with E-state index in [0.717, 1.165) is 4.90 Å². The molecule has 2 amide bonds. The highest BCUT2D eigenvalue weighted by Gasteiger charge is 2.46. The monoisotopic (exact) mass is 400 g/mol. The van der Waals surface area contributed by atoms with Crippen LogP contribution >= 0.6 is 15.9 Å². The lowest BCUT2D eigenvalue weighted by Crippen LogP contribution is -2.43. The Bertz CT molecular complexity index is 706. The average molecular weight is 401 g/mol. The number of amides is 2. The number of aliphatic carboxylic acids is 1. The minimum absolute atomic E-state index is 0.0541. The third-order valence-electron chi connectivity index (χ3n) is 3.94. The number of carbonyl (C=O) groups is 3. The number of nitrogens with zero attached hydrogens (tertiary/aromatic N) is 1. The number of benzene rings is 1. The topological polar surface area (TPSA) is 86.7 Å². The van der Waals surface area contributed by atoms with E-state index in [9.17, 15) is 18.8 Å². The fourth-order valence-electron chi connectivity index (χ4n) is 2.69. The molecule has 0 saturated carbocycles. The fraction of sp³-hybridized carbons (Fsp3) is 0.438. The SMILES string of the molecule is CC1(C)C(=O)N(CC(=O)NCCCC(=O)O)c2c(F)cc(Br)cc21. The van der Waals surface area contributed by atoms with Crippen molar-refractivity contribution in [2.24, 2.45) is 0 Å². The second-order valence-corrected chi connectivity index (χ2v) is 7.06. The number of halogens is 2. The molecule has 1 aromatic carbocycles. The first-order valence-electron chi connectivity index (χ1n) is 7.44. The summed E-state index contributed by atoms with van der Waals surface area (Å²) in [5, 5.41) is 11.1. The average Bonchev–Trinajstić information content (AvgIpc) is 2.65. The number of hydrogen-bond acceptors (Lipinski definition) is 3. The van der Waals surface area contributed by atoms with Crippen molar-refractivity contribution in [2.75, 3.05) is 18.0 Å². The van der Waals surface area contributed by atoms with Gasteiger partial charge in [0.15, 0.2) is 0 Å². The Balaban J connectivity index is 2.13. The second kappa shape index (κ2) is 6.88. The second-order valence-electron chi connectivity index (χ2n) is 6.15. The van der Waals surface area contributed by atoms with E-state index in [1.807, 2.05) is 0 Å². The standard InChI is InChI=1S/C16H18BrFN2O4/c1-16(2)10-6-9(17)7-11(18)14(10)20(15(16)24)8-12(21)19-5-3-4-13(22)23/h6-7H,3-5,8H2,1-2H3,(H,19,21)(H,22,23). The Morgan fingerprint density at radius 1 is 1.38 bits per heavy atom. The van der Waals surface area contributed by atoms with Crippen molar-refractivity contribution in [3.63, 3.8) is 0 Å². The molecule has 6 nitrogen and oxygen atoms in total. The summed E-state index contributed by atoms with van der Waals surface area (Å²) >= 11 is 3.21. The first kappa shape index (κ1) is 18.4. The molecule has 8 heteroatoms. The molecule has 0 saturated heterocycles. The molecule has 0 aliphatic carbocycles. The van der Waals surface area contributed by atoms with Gasteiger partial charge in [0, 0.05) is 17.4 Å². The predicted molar refractivity (Wildman–Crippen MR) is 89.4 cm³/mol. The van der Waals surface area contributed by atoms with Crippen LogP contribution in [0.3, 0.4) is 0 Å². The molecule has 0 atom stereocenters. The number of fused-ring (bicyclic) bond motifs is 1. The minimum Gasteiger partial charge on any atom is -0.481 e. The summed E-state index contributed by atoms with van der Waals surface area (Å²) in [6, 6.07) is 2.94. The van der Waals surface area contributed by atoms with Gasteiger partial charge in [-0.1, -0.05) is 15.9 Å². The molecule has 1 aliphatic rings. The number of carbonyl (C=O) groups excluding carboxylic acids is 2. The first-order chi connectivity index (χ1) is 11.1. The van der Waals surface area contributed by atoms with Gasteiger partial charge < -0.3 is 10.4 Å². The predicted octanol–water partition coefficient (Wildman–Crippen LogP) is 2.19. The van der Waals surface area contributed by atoms with E-state index >= 15 is 0 Å². The van der Waals surface area contributed by atoms with Crippen LogP contribution in [0.25, 0.3) is 0 Å². The molecule has 0 unspecified atom stereocenters. The van der Waals surface area contributed by atoms with E-state index in [1.54, 1.807) is 19.9 Å². The summed E-state index contributed by atoms with van der Waals surface area (Å²) in [4.78, 5) is 36.2. The zero-order chi connectivity index (χ0) is 18.1. The van der Waals surface area contributed by atoms with E-state index in [4.69, 9.17) is 5.11 Å². The Morgan fingerprint density at radius 3 is 2.67 bits per heavy atom. The van der Waals surface area contributed by atoms with Gasteiger partial charge in [-0.25, -0.2) is 4.39 Å². The Labute approximate surface area is 147 Å². The molecule has 130 valence electrons. The van der Waals surface area contributed by atoms with Gasteiger partial charge in [0.2, 0.25) is 11.8 Å². The van der Waals surface area contributed by atoms with Gasteiger partial charge in [0.1, 0.15) is 12.4 Å². The molecule has 2 rings (SSSR count). The van der Waals surface area contributed by atoms with Crippen molar-refractivity contribution in [1.82, 2.24) is 5.32 Å². The van der Waals surface area contributed by atoms with Crippen LogP contribution in [0.4, 0.5) is 10.1 Å². The van der Waals surface area contributed by atoms with Gasteiger partial charge in [-0.05, 0) is 38.0 Å². The number of rotatable bonds is 6. The van der Waals surface area contributed by atoms with Crippen molar-refractivity contribution in [3.05, 3.63) is 28.0 Å². The maximum absolute atomic E-state index is 14.3. The van der Waals surface area contributed by atoms with Crippen molar-refractivity contribution in [1.29, 1.82) is 0 Å². The van der Waals surface area contributed by atoms with Crippen LogP contribution in [0.15, 0.2) is 16.6 Å². The smallest absolute Gasteiger partial charge is 0.303 e. The van der Waals surface area contributed by atoms with Gasteiger partial charge in [0.25, 0.3) is 0 Å². The third-order valence-corrected chi connectivity index (χ3v) is 4.40. The Morgan fingerprint density at radius 2 is 2.04 bits per heavy atom. The molecule has 0 aromatic heterocycles. The molecular weight excluding hydrogens is 383 g/mol. The van der Waals surface area contributed by atoms with Crippen molar-refractivity contribution in [2.45, 2.75) is 32.1 Å². The van der Waals surface area contributed by atoms with E-state index in [0.29, 0.717) is 16.5 Å². The van der Waals surface area contributed by atoms with E-state index in [-0.39, 0.29) is 31.1 Å². The maximum Gasteiger partial charge on any atom is 0.303 e. The molecule has 0 bridgehead atoms. The lowest BCUT2D eigenvalue weighted by molar-refractivity contribution is -0.137. The highest BCUT2D eigenvalue weighted by atomic mass is 79.9. The molecule has 1 aliphatic heterocycles. The highest BCUT2D eigenvalue weighted by molar-refractivity contribution is 9.10. The van der Waals surface area contributed by atoms with Crippen molar-refractivity contribution in [3.8, 4) is 0 Å². The molecule has 1 aromatic rings. The summed E-state index contributed by atoms with van der Waals surface area (Å²) in [7, 11) is 0. The first-order valence-corrected chi connectivity index (χ1v) is 8.24. The normalized spacial score (nSPS) is 15.3. The van der Waals surface area contributed by atoms with Crippen LogP contribution in [0.5, 0.6) is 0 Å². The molecule has 2 N–H and O–H groups in total. The van der Waals surface area contributed by atoms with Gasteiger partial charge in [-0.15, -0.1) is 0 Å². The van der Waals surface area contributed by atoms with Crippen LogP contribution in [-0.2, 0) is 19.8 Å². The van der Waals surface area contributed by atoms with Gasteiger partial charge >= 0.3 is 5.97 Å². The van der Waals surface area contributed by atoms with Crippen molar-refractivity contribution < 1.29 is 23.9 Å². The zero-order valence-electron chi connectivity index (χ0n) is 13.4. The molecular formula is C16H18BrFN2O4. The zero-order valence-corrected chi connectivity index (χ0v) is 14.9. The Hall–Kier alpha value is -1.96. The quantitative estimate of drug-likeness (QED) is 0.716. The van der Waals surface area contributed by atoms with Gasteiger partial charge in [-0.2, -0.15) is 0 Å².